The van der Waals surface area contributed by atoms with Crippen LogP contribution in [-0.4, -0.2) is 47.3 Å². The summed E-state index contributed by atoms with van der Waals surface area (Å²) in [7, 11) is 1.48. The number of carbonyl (C=O) groups is 1. The molecule has 0 saturated heterocycles. The molecule has 19 heavy (non-hydrogen) atoms. The Morgan fingerprint density at radius 2 is 2.00 bits per heavy atom. The van der Waals surface area contributed by atoms with E-state index in [1.165, 1.54) is 11.9 Å². The smallest absolute Gasteiger partial charge is 0.403 e. The fourth-order valence-electron chi connectivity index (χ4n) is 1.59. The van der Waals surface area contributed by atoms with Gasteiger partial charge in [0, 0.05) is 25.5 Å². The number of carboxylic acid groups (broad SMARTS) is 1. The van der Waals surface area contributed by atoms with Crippen molar-refractivity contribution in [2.75, 3.05) is 20.1 Å². The molecule has 1 atom stereocenters. The van der Waals surface area contributed by atoms with Gasteiger partial charge in [0.25, 0.3) is 0 Å². The van der Waals surface area contributed by atoms with Crippen molar-refractivity contribution >= 4 is 5.97 Å². The number of likely N-dealkylation sites (N-methyl/N-ethyl adjacent to an activating group) is 1. The van der Waals surface area contributed by atoms with Crippen molar-refractivity contribution in [3.63, 3.8) is 0 Å². The Balaban J connectivity index is 2.50. The van der Waals surface area contributed by atoms with Gasteiger partial charge in [-0.1, -0.05) is 0 Å². The lowest BCUT2D eigenvalue weighted by Gasteiger charge is -2.23. The summed E-state index contributed by atoms with van der Waals surface area (Å²) >= 11 is 0. The molecule has 1 heterocycles. The molecule has 106 valence electrons. The summed E-state index contributed by atoms with van der Waals surface area (Å²) in [5, 5.41) is 8.59. The van der Waals surface area contributed by atoms with Crippen molar-refractivity contribution in [2.24, 2.45) is 5.92 Å². The Kier molecular flexibility index (Phi) is 5.29. The number of carboxylic acids is 1. The molecule has 0 spiro atoms. The van der Waals surface area contributed by atoms with Gasteiger partial charge in [0.05, 0.1) is 0 Å². The van der Waals surface area contributed by atoms with Crippen LogP contribution in [-0.2, 0) is 11.2 Å². The Morgan fingerprint density at radius 1 is 1.42 bits per heavy atom. The van der Waals surface area contributed by atoms with Crippen LogP contribution in [0.1, 0.15) is 5.56 Å². The summed E-state index contributed by atoms with van der Waals surface area (Å²) in [5.41, 5.74) is 0.945. The minimum atomic E-state index is -4.73. The van der Waals surface area contributed by atoms with E-state index in [0.717, 1.165) is 5.56 Å². The summed E-state index contributed by atoms with van der Waals surface area (Å²) in [6.07, 6.45) is -0.976. The van der Waals surface area contributed by atoms with Crippen molar-refractivity contribution in [1.29, 1.82) is 0 Å². The van der Waals surface area contributed by atoms with Gasteiger partial charge in [0.2, 0.25) is 0 Å². The van der Waals surface area contributed by atoms with E-state index >= 15 is 0 Å². The first-order valence-electron chi connectivity index (χ1n) is 5.67. The molecule has 0 fully saturated rings. The first-order valence-corrected chi connectivity index (χ1v) is 5.67. The highest BCUT2D eigenvalue weighted by Gasteiger charge is 2.45. The molecule has 0 aliphatic rings. The highest BCUT2D eigenvalue weighted by molar-refractivity contribution is 5.71. The van der Waals surface area contributed by atoms with Crippen LogP contribution in [0.4, 0.5) is 13.2 Å². The molecule has 1 aromatic rings. The molecule has 1 aromatic heterocycles. The van der Waals surface area contributed by atoms with Gasteiger partial charge in [-0.3, -0.25) is 9.78 Å². The van der Waals surface area contributed by atoms with Crippen LogP contribution in [0.2, 0.25) is 0 Å². The molecule has 4 nitrogen and oxygen atoms in total. The average Bonchev–Trinajstić information content (AvgIpc) is 2.33. The normalized spacial score (nSPS) is 13.5. The number of rotatable bonds is 6. The SMILES string of the molecule is CN(CCc1ccncc1)CC(C(=O)O)C(F)(F)F. The molecule has 7 heteroatoms. The third kappa shape index (κ3) is 5.25. The summed E-state index contributed by atoms with van der Waals surface area (Å²) in [5.74, 6) is -4.20. The molecule has 0 amide bonds. The second kappa shape index (κ2) is 6.51. The fourth-order valence-corrected chi connectivity index (χ4v) is 1.59. The molecule has 0 aromatic carbocycles. The molecule has 1 rings (SSSR count). The van der Waals surface area contributed by atoms with Crippen LogP contribution in [0.5, 0.6) is 0 Å². The van der Waals surface area contributed by atoms with Crippen LogP contribution < -0.4 is 0 Å². The summed E-state index contributed by atoms with van der Waals surface area (Å²) in [6.45, 7) is -0.201. The molecule has 0 aliphatic carbocycles. The van der Waals surface area contributed by atoms with E-state index in [2.05, 4.69) is 4.98 Å². The molecule has 0 aliphatic heterocycles. The van der Waals surface area contributed by atoms with Crippen molar-refractivity contribution in [1.82, 2.24) is 9.88 Å². The van der Waals surface area contributed by atoms with Crippen LogP contribution in [0, 0.1) is 5.92 Å². The quantitative estimate of drug-likeness (QED) is 0.861. The Morgan fingerprint density at radius 3 is 2.47 bits per heavy atom. The van der Waals surface area contributed by atoms with Crippen molar-refractivity contribution in [3.05, 3.63) is 30.1 Å². The number of halogens is 3. The summed E-state index contributed by atoms with van der Waals surface area (Å²) in [4.78, 5) is 15.8. The molecular formula is C12H15F3N2O2. The van der Waals surface area contributed by atoms with Crippen molar-refractivity contribution in [2.45, 2.75) is 12.6 Å². The number of aromatic nitrogens is 1. The van der Waals surface area contributed by atoms with Crippen LogP contribution in [0.3, 0.4) is 0 Å². The topological polar surface area (TPSA) is 53.4 Å². The van der Waals surface area contributed by atoms with Gasteiger partial charge in [-0.2, -0.15) is 13.2 Å². The Labute approximate surface area is 108 Å². The highest BCUT2D eigenvalue weighted by atomic mass is 19.4. The number of aliphatic carboxylic acids is 1. The molecule has 0 radical (unpaired) electrons. The zero-order valence-electron chi connectivity index (χ0n) is 10.4. The predicted octanol–water partition coefficient (Wildman–Crippen LogP) is 1.82. The number of pyridine rings is 1. The van der Waals surface area contributed by atoms with E-state index in [9.17, 15) is 18.0 Å². The van der Waals surface area contributed by atoms with Crippen molar-refractivity contribution in [3.8, 4) is 0 Å². The highest BCUT2D eigenvalue weighted by Crippen LogP contribution is 2.27. The van der Waals surface area contributed by atoms with Crippen LogP contribution in [0.25, 0.3) is 0 Å². The maximum atomic E-state index is 12.5. The van der Waals surface area contributed by atoms with Crippen LogP contribution in [0.15, 0.2) is 24.5 Å². The maximum Gasteiger partial charge on any atom is 0.403 e. The first kappa shape index (κ1) is 15.4. The van der Waals surface area contributed by atoms with Gasteiger partial charge in [0.15, 0.2) is 5.92 Å². The van der Waals surface area contributed by atoms with E-state index < -0.39 is 24.6 Å². The lowest BCUT2D eigenvalue weighted by molar-refractivity contribution is -0.196. The second-order valence-electron chi connectivity index (χ2n) is 4.30. The van der Waals surface area contributed by atoms with Gasteiger partial charge >= 0.3 is 12.1 Å². The molecule has 1 unspecified atom stereocenters. The largest absolute Gasteiger partial charge is 0.481 e. The monoisotopic (exact) mass is 276 g/mol. The first-order chi connectivity index (χ1) is 8.80. The van der Waals surface area contributed by atoms with Gasteiger partial charge in [-0.25, -0.2) is 0 Å². The lowest BCUT2D eigenvalue weighted by atomic mass is 10.1. The fraction of sp³-hybridized carbons (Fsp3) is 0.500. The predicted molar refractivity (Wildman–Crippen MR) is 62.6 cm³/mol. The lowest BCUT2D eigenvalue weighted by Crippen LogP contribution is -2.40. The van der Waals surface area contributed by atoms with E-state index in [1.807, 2.05) is 0 Å². The minimum Gasteiger partial charge on any atom is -0.481 e. The molecular weight excluding hydrogens is 261 g/mol. The van der Waals surface area contributed by atoms with Gasteiger partial charge in [0.1, 0.15) is 0 Å². The Hall–Kier alpha value is -1.63. The number of hydrogen-bond acceptors (Lipinski definition) is 3. The Bertz CT molecular complexity index is 409. The maximum absolute atomic E-state index is 12.5. The summed E-state index contributed by atoms with van der Waals surface area (Å²) in [6, 6.07) is 3.54. The molecule has 0 bridgehead atoms. The van der Waals surface area contributed by atoms with E-state index in [4.69, 9.17) is 5.11 Å². The van der Waals surface area contributed by atoms with Crippen LogP contribution >= 0.6 is 0 Å². The standard InChI is InChI=1S/C12H15F3N2O2/c1-17(7-4-9-2-5-16-6-3-9)8-10(11(18)19)12(13,14)15/h2-3,5-6,10H,4,7-8H2,1H3,(H,18,19). The van der Waals surface area contributed by atoms with E-state index in [1.54, 1.807) is 24.5 Å². The van der Waals surface area contributed by atoms with E-state index in [0.29, 0.717) is 13.0 Å². The zero-order valence-corrected chi connectivity index (χ0v) is 10.4. The minimum absolute atomic E-state index is 0.351. The third-order valence-electron chi connectivity index (χ3n) is 2.72. The van der Waals surface area contributed by atoms with Crippen molar-refractivity contribution < 1.29 is 23.1 Å². The molecule has 0 saturated carbocycles. The zero-order chi connectivity index (χ0) is 14.5. The van der Waals surface area contributed by atoms with Gasteiger partial charge < -0.3 is 10.0 Å². The van der Waals surface area contributed by atoms with Gasteiger partial charge in [-0.05, 0) is 31.2 Å². The second-order valence-corrected chi connectivity index (χ2v) is 4.30. The number of nitrogens with zero attached hydrogens (tertiary/aromatic N) is 2. The number of hydrogen-bond donors (Lipinski definition) is 1. The third-order valence-corrected chi connectivity index (χ3v) is 2.72. The number of alkyl halides is 3. The van der Waals surface area contributed by atoms with E-state index in [-0.39, 0.29) is 0 Å². The molecule has 1 N–H and O–H groups in total. The average molecular weight is 276 g/mol. The summed E-state index contributed by atoms with van der Waals surface area (Å²) < 4.78 is 37.4. The van der Waals surface area contributed by atoms with Gasteiger partial charge in [-0.15, -0.1) is 0 Å².